The second-order valence-corrected chi connectivity index (χ2v) is 8.13. The molecule has 0 fully saturated rings. The van der Waals surface area contributed by atoms with E-state index in [4.69, 9.17) is 0 Å². The van der Waals surface area contributed by atoms with Gasteiger partial charge in [0.15, 0.2) is 11.0 Å². The van der Waals surface area contributed by atoms with Crippen molar-refractivity contribution in [3.05, 3.63) is 77.4 Å². The zero-order chi connectivity index (χ0) is 20.8. The first-order valence-corrected chi connectivity index (χ1v) is 10.5. The maximum Gasteiger partial charge on any atom is 0.223 e. The zero-order valence-corrected chi connectivity index (χ0v) is 17.6. The van der Waals surface area contributed by atoms with Crippen molar-refractivity contribution >= 4 is 17.7 Å². The summed E-state index contributed by atoms with van der Waals surface area (Å²) in [6.45, 7) is 3.72. The Morgan fingerprint density at radius 2 is 1.79 bits per heavy atom. The van der Waals surface area contributed by atoms with Gasteiger partial charge in [-0.15, -0.1) is 10.2 Å². The van der Waals surface area contributed by atoms with Crippen molar-refractivity contribution in [2.24, 2.45) is 13.0 Å². The van der Waals surface area contributed by atoms with E-state index in [9.17, 15) is 9.18 Å². The Morgan fingerprint density at radius 3 is 2.48 bits per heavy atom. The zero-order valence-electron chi connectivity index (χ0n) is 16.8. The number of aromatic nitrogens is 3. The normalized spacial score (nSPS) is 12.2. The van der Waals surface area contributed by atoms with Crippen LogP contribution in [0.1, 0.15) is 36.8 Å². The lowest BCUT2D eigenvalue weighted by atomic mass is 10.0. The Hall–Kier alpha value is -2.67. The Kier molecular flexibility index (Phi) is 7.04. The van der Waals surface area contributed by atoms with E-state index >= 15 is 0 Å². The number of amides is 1. The van der Waals surface area contributed by atoms with Crippen LogP contribution >= 0.6 is 11.8 Å². The quantitative estimate of drug-likeness (QED) is 0.561. The first-order valence-electron chi connectivity index (χ1n) is 9.55. The molecular weight excluding hydrogens is 387 g/mol. The molecule has 0 aliphatic heterocycles. The van der Waals surface area contributed by atoms with E-state index in [1.807, 2.05) is 61.9 Å². The number of hydrogen-bond donors (Lipinski definition) is 1. The van der Waals surface area contributed by atoms with E-state index in [0.717, 1.165) is 5.56 Å². The molecular formula is C22H25FN4OS. The molecule has 0 spiro atoms. The molecule has 5 nitrogen and oxygen atoms in total. The molecule has 0 saturated carbocycles. The summed E-state index contributed by atoms with van der Waals surface area (Å²) in [4.78, 5) is 12.4. The van der Waals surface area contributed by atoms with Gasteiger partial charge in [-0.2, -0.15) is 0 Å². The van der Waals surface area contributed by atoms with Gasteiger partial charge in [-0.05, 0) is 23.6 Å². The minimum atomic E-state index is -0.299. The van der Waals surface area contributed by atoms with Crippen LogP contribution in [0.3, 0.4) is 0 Å². The number of nitrogens with one attached hydrogen (secondary N) is 1. The van der Waals surface area contributed by atoms with E-state index in [1.54, 1.807) is 12.1 Å². The van der Waals surface area contributed by atoms with Crippen LogP contribution in [0.4, 0.5) is 4.39 Å². The Balaban J connectivity index is 1.80. The lowest BCUT2D eigenvalue weighted by molar-refractivity contribution is -0.124. The number of carbonyl (C=O) groups is 1. The Bertz CT molecular complexity index is 958. The van der Waals surface area contributed by atoms with Crippen molar-refractivity contribution in [1.29, 1.82) is 0 Å². The van der Waals surface area contributed by atoms with Gasteiger partial charge in [-0.1, -0.05) is 74.1 Å². The van der Waals surface area contributed by atoms with Gasteiger partial charge in [-0.25, -0.2) is 4.39 Å². The van der Waals surface area contributed by atoms with Crippen LogP contribution in [0.15, 0.2) is 59.8 Å². The first kappa shape index (κ1) is 21.0. The molecule has 1 N–H and O–H groups in total. The predicted molar refractivity (Wildman–Crippen MR) is 113 cm³/mol. The fourth-order valence-electron chi connectivity index (χ4n) is 2.91. The van der Waals surface area contributed by atoms with Crippen molar-refractivity contribution in [2.45, 2.75) is 37.2 Å². The molecule has 1 aromatic heterocycles. The number of halogens is 1. The number of carbonyl (C=O) groups excluding carboxylic acids is 1. The molecule has 29 heavy (non-hydrogen) atoms. The number of nitrogens with zero attached hydrogens (tertiary/aromatic N) is 3. The van der Waals surface area contributed by atoms with Crippen molar-refractivity contribution in [3.8, 4) is 0 Å². The van der Waals surface area contributed by atoms with Crippen LogP contribution in [-0.4, -0.2) is 20.7 Å². The molecule has 1 atom stereocenters. The molecule has 0 radical (unpaired) electrons. The molecule has 2 aromatic carbocycles. The lowest BCUT2D eigenvalue weighted by Gasteiger charge is -2.19. The maximum atomic E-state index is 13.9. The molecule has 0 bridgehead atoms. The van der Waals surface area contributed by atoms with Crippen LogP contribution < -0.4 is 5.32 Å². The standard InChI is InChI=1S/C22H25FN4OS/c1-15(2)21(28)24-19(13-16-9-5-4-6-10-16)20-25-26-22(27(20)3)29-14-17-11-7-8-12-18(17)23/h4-12,15,19H,13-14H2,1-3H3,(H,24,28)/t19-/m0/s1. The van der Waals surface area contributed by atoms with Crippen LogP contribution in [0.2, 0.25) is 0 Å². The second kappa shape index (κ2) is 9.69. The van der Waals surface area contributed by atoms with Crippen LogP contribution in [0.25, 0.3) is 0 Å². The predicted octanol–water partition coefficient (Wildman–Crippen LogP) is 4.30. The highest BCUT2D eigenvalue weighted by Gasteiger charge is 2.23. The number of hydrogen-bond acceptors (Lipinski definition) is 4. The second-order valence-electron chi connectivity index (χ2n) is 7.19. The summed E-state index contributed by atoms with van der Waals surface area (Å²) < 4.78 is 15.8. The molecule has 0 saturated heterocycles. The highest BCUT2D eigenvalue weighted by Crippen LogP contribution is 2.25. The average Bonchev–Trinajstić information content (AvgIpc) is 3.08. The summed E-state index contributed by atoms with van der Waals surface area (Å²) in [7, 11) is 1.87. The number of rotatable bonds is 8. The van der Waals surface area contributed by atoms with E-state index in [1.165, 1.54) is 17.8 Å². The van der Waals surface area contributed by atoms with Gasteiger partial charge in [0.2, 0.25) is 5.91 Å². The third kappa shape index (κ3) is 5.44. The van der Waals surface area contributed by atoms with E-state index in [-0.39, 0.29) is 23.7 Å². The van der Waals surface area contributed by atoms with Crippen molar-refractivity contribution < 1.29 is 9.18 Å². The van der Waals surface area contributed by atoms with Gasteiger partial charge in [0, 0.05) is 18.7 Å². The minimum absolute atomic E-state index is 0.0329. The molecule has 0 unspecified atom stereocenters. The monoisotopic (exact) mass is 412 g/mol. The molecule has 0 aliphatic carbocycles. The van der Waals surface area contributed by atoms with Gasteiger partial charge in [0.25, 0.3) is 0 Å². The minimum Gasteiger partial charge on any atom is -0.346 e. The summed E-state index contributed by atoms with van der Waals surface area (Å²) in [5, 5.41) is 12.4. The molecule has 152 valence electrons. The van der Waals surface area contributed by atoms with Gasteiger partial charge >= 0.3 is 0 Å². The topological polar surface area (TPSA) is 59.8 Å². The highest BCUT2D eigenvalue weighted by atomic mass is 32.2. The summed E-state index contributed by atoms with van der Waals surface area (Å²) in [5.41, 5.74) is 1.72. The van der Waals surface area contributed by atoms with E-state index < -0.39 is 0 Å². The fourth-order valence-corrected chi connectivity index (χ4v) is 3.81. The molecule has 1 heterocycles. The van der Waals surface area contributed by atoms with Crippen molar-refractivity contribution in [2.75, 3.05) is 0 Å². The van der Waals surface area contributed by atoms with Gasteiger partial charge < -0.3 is 9.88 Å². The average molecular weight is 413 g/mol. The number of benzene rings is 2. The van der Waals surface area contributed by atoms with E-state index in [2.05, 4.69) is 15.5 Å². The van der Waals surface area contributed by atoms with Gasteiger partial charge in [0.1, 0.15) is 5.82 Å². The third-order valence-corrected chi connectivity index (χ3v) is 5.69. The van der Waals surface area contributed by atoms with Gasteiger partial charge in [0.05, 0.1) is 6.04 Å². The summed E-state index contributed by atoms with van der Waals surface area (Å²) in [5.74, 6) is 0.749. The molecule has 3 aromatic rings. The number of thioether (sulfide) groups is 1. The SMILES string of the molecule is CC(C)C(=O)N[C@@H](Cc1ccccc1)c1nnc(SCc2ccccc2F)n1C. The van der Waals surface area contributed by atoms with Crippen molar-refractivity contribution in [1.82, 2.24) is 20.1 Å². The van der Waals surface area contributed by atoms with Crippen LogP contribution in [-0.2, 0) is 24.0 Å². The first-order chi connectivity index (χ1) is 14.0. The molecule has 0 aliphatic rings. The molecule has 3 rings (SSSR count). The summed E-state index contributed by atoms with van der Waals surface area (Å²) in [6.07, 6.45) is 0.614. The smallest absolute Gasteiger partial charge is 0.223 e. The largest absolute Gasteiger partial charge is 0.346 e. The summed E-state index contributed by atoms with van der Waals surface area (Å²) in [6, 6.07) is 16.4. The molecule has 1 amide bonds. The fraction of sp³-hybridized carbons (Fsp3) is 0.318. The maximum absolute atomic E-state index is 13.9. The summed E-state index contributed by atoms with van der Waals surface area (Å²) >= 11 is 1.42. The van der Waals surface area contributed by atoms with E-state index in [0.29, 0.717) is 28.7 Å². The highest BCUT2D eigenvalue weighted by molar-refractivity contribution is 7.98. The molecule has 7 heteroatoms. The lowest BCUT2D eigenvalue weighted by Crippen LogP contribution is -2.34. The van der Waals surface area contributed by atoms with Crippen LogP contribution in [0.5, 0.6) is 0 Å². The van der Waals surface area contributed by atoms with Crippen LogP contribution in [0, 0.1) is 11.7 Å². The Morgan fingerprint density at radius 1 is 1.10 bits per heavy atom. The Labute approximate surface area is 174 Å². The third-order valence-electron chi connectivity index (χ3n) is 4.62. The van der Waals surface area contributed by atoms with Gasteiger partial charge in [-0.3, -0.25) is 4.79 Å². The van der Waals surface area contributed by atoms with Crippen molar-refractivity contribution in [3.63, 3.8) is 0 Å².